The summed E-state index contributed by atoms with van der Waals surface area (Å²) in [4.78, 5) is 2.38. The number of hydrogen-bond acceptors (Lipinski definition) is 3. The molecule has 4 heteroatoms. The molecule has 118 valence electrons. The molecule has 0 aliphatic heterocycles. The first kappa shape index (κ1) is 16.8. The molecular weight excluding hydrogens is 328 g/mol. The molecule has 0 heterocycles. The fraction of sp³-hybridized carbons (Fsp3) is 0.647. The van der Waals surface area contributed by atoms with Gasteiger partial charge in [-0.3, -0.25) is 0 Å². The van der Waals surface area contributed by atoms with Crippen LogP contribution in [0.2, 0.25) is 0 Å². The van der Waals surface area contributed by atoms with Crippen LogP contribution in [0.4, 0.5) is 5.69 Å². The predicted octanol–water partition coefficient (Wildman–Crippen LogP) is 3.69. The fourth-order valence-corrected chi connectivity index (χ4v) is 2.97. The van der Waals surface area contributed by atoms with Crippen LogP contribution in [0.25, 0.3) is 0 Å². The Morgan fingerprint density at radius 1 is 1.33 bits per heavy atom. The first-order valence-corrected chi connectivity index (χ1v) is 8.61. The monoisotopic (exact) mass is 354 g/mol. The second kappa shape index (κ2) is 7.12. The Morgan fingerprint density at radius 2 is 2.05 bits per heavy atom. The first-order chi connectivity index (χ1) is 9.90. The SMILES string of the molecule is CC(C)(C)NCc1ccc(Br)cc1N(CCO)C1CCC1. The van der Waals surface area contributed by atoms with E-state index in [0.717, 1.165) is 11.0 Å². The largest absolute Gasteiger partial charge is 0.395 e. The van der Waals surface area contributed by atoms with Gasteiger partial charge in [0.1, 0.15) is 0 Å². The summed E-state index contributed by atoms with van der Waals surface area (Å²) in [5, 5.41) is 13.0. The standard InChI is InChI=1S/C17H27BrN2O/c1-17(2,3)19-12-13-7-8-14(18)11-16(13)20(9-10-21)15-5-4-6-15/h7-8,11,15,19,21H,4-6,9-10,12H2,1-3H3. The van der Waals surface area contributed by atoms with Crippen LogP contribution in [0.1, 0.15) is 45.6 Å². The lowest BCUT2D eigenvalue weighted by Crippen LogP contribution is -2.43. The smallest absolute Gasteiger partial charge is 0.0606 e. The number of nitrogens with zero attached hydrogens (tertiary/aromatic N) is 1. The van der Waals surface area contributed by atoms with Crippen molar-refractivity contribution >= 4 is 21.6 Å². The number of aliphatic hydroxyl groups excluding tert-OH is 1. The molecule has 0 unspecified atom stereocenters. The van der Waals surface area contributed by atoms with Gasteiger partial charge in [-0.2, -0.15) is 0 Å². The van der Waals surface area contributed by atoms with E-state index in [1.165, 1.54) is 30.5 Å². The van der Waals surface area contributed by atoms with Crippen LogP contribution in [-0.2, 0) is 6.54 Å². The van der Waals surface area contributed by atoms with Gasteiger partial charge in [0.25, 0.3) is 0 Å². The van der Waals surface area contributed by atoms with Gasteiger partial charge in [-0.15, -0.1) is 0 Å². The van der Waals surface area contributed by atoms with E-state index in [1.807, 2.05) is 0 Å². The molecule has 0 atom stereocenters. The summed E-state index contributed by atoms with van der Waals surface area (Å²) in [5.74, 6) is 0. The zero-order valence-electron chi connectivity index (χ0n) is 13.3. The third kappa shape index (κ3) is 4.70. The highest BCUT2D eigenvalue weighted by Gasteiger charge is 2.26. The normalized spacial score (nSPS) is 15.9. The van der Waals surface area contributed by atoms with E-state index in [-0.39, 0.29) is 12.1 Å². The fourth-order valence-electron chi connectivity index (χ4n) is 2.62. The summed E-state index contributed by atoms with van der Waals surface area (Å²) in [7, 11) is 0. The highest BCUT2D eigenvalue weighted by molar-refractivity contribution is 9.10. The molecule has 0 saturated heterocycles. The lowest BCUT2D eigenvalue weighted by molar-refractivity contribution is 0.283. The van der Waals surface area contributed by atoms with Crippen molar-refractivity contribution in [3.63, 3.8) is 0 Å². The molecule has 1 fully saturated rings. The maximum Gasteiger partial charge on any atom is 0.0606 e. The molecule has 2 N–H and O–H groups in total. The van der Waals surface area contributed by atoms with Crippen LogP contribution in [0, 0.1) is 0 Å². The van der Waals surface area contributed by atoms with Crippen molar-refractivity contribution in [2.45, 2.75) is 58.2 Å². The van der Waals surface area contributed by atoms with Gasteiger partial charge in [-0.1, -0.05) is 22.0 Å². The minimum Gasteiger partial charge on any atom is -0.395 e. The van der Waals surface area contributed by atoms with E-state index in [9.17, 15) is 5.11 Å². The Kier molecular flexibility index (Phi) is 5.69. The van der Waals surface area contributed by atoms with Gasteiger partial charge in [0.05, 0.1) is 6.61 Å². The van der Waals surface area contributed by atoms with E-state index in [2.05, 4.69) is 65.1 Å². The quantitative estimate of drug-likeness (QED) is 0.817. The number of halogens is 1. The lowest BCUT2D eigenvalue weighted by atomic mass is 9.90. The van der Waals surface area contributed by atoms with Crippen molar-refractivity contribution in [3.8, 4) is 0 Å². The Hall–Kier alpha value is -0.580. The minimum atomic E-state index is 0.0998. The molecule has 1 aliphatic rings. The molecule has 3 nitrogen and oxygen atoms in total. The number of hydrogen-bond donors (Lipinski definition) is 2. The number of aliphatic hydroxyl groups is 1. The molecule has 0 radical (unpaired) electrons. The van der Waals surface area contributed by atoms with Gasteiger partial charge in [-0.05, 0) is 57.7 Å². The molecular formula is C17H27BrN2O. The van der Waals surface area contributed by atoms with E-state index >= 15 is 0 Å². The van der Waals surface area contributed by atoms with Gasteiger partial charge in [0.15, 0.2) is 0 Å². The average Bonchev–Trinajstić information content (AvgIpc) is 2.33. The van der Waals surface area contributed by atoms with Crippen molar-refractivity contribution < 1.29 is 5.11 Å². The Morgan fingerprint density at radius 3 is 2.57 bits per heavy atom. The van der Waals surface area contributed by atoms with Crippen molar-refractivity contribution in [1.29, 1.82) is 0 Å². The predicted molar refractivity (Wildman–Crippen MR) is 92.8 cm³/mol. The minimum absolute atomic E-state index is 0.0998. The lowest BCUT2D eigenvalue weighted by Gasteiger charge is -2.40. The molecule has 0 aromatic heterocycles. The molecule has 0 spiro atoms. The molecule has 0 amide bonds. The number of rotatable bonds is 6. The summed E-state index contributed by atoms with van der Waals surface area (Å²) in [6.07, 6.45) is 3.77. The summed E-state index contributed by atoms with van der Waals surface area (Å²) in [6, 6.07) is 7.05. The summed E-state index contributed by atoms with van der Waals surface area (Å²) >= 11 is 3.59. The molecule has 2 rings (SSSR count). The van der Waals surface area contributed by atoms with E-state index < -0.39 is 0 Å². The van der Waals surface area contributed by atoms with Crippen LogP contribution in [0.3, 0.4) is 0 Å². The third-order valence-electron chi connectivity index (χ3n) is 4.02. The Labute approximate surface area is 136 Å². The first-order valence-electron chi connectivity index (χ1n) is 7.81. The van der Waals surface area contributed by atoms with Crippen LogP contribution in [0.5, 0.6) is 0 Å². The van der Waals surface area contributed by atoms with E-state index in [4.69, 9.17) is 0 Å². The van der Waals surface area contributed by atoms with Crippen LogP contribution in [0.15, 0.2) is 22.7 Å². The second-order valence-corrected chi connectivity index (χ2v) is 7.79. The molecule has 1 saturated carbocycles. The maximum absolute atomic E-state index is 9.42. The average molecular weight is 355 g/mol. The van der Waals surface area contributed by atoms with E-state index in [0.29, 0.717) is 12.6 Å². The third-order valence-corrected chi connectivity index (χ3v) is 4.52. The zero-order valence-corrected chi connectivity index (χ0v) is 14.9. The van der Waals surface area contributed by atoms with Crippen LogP contribution >= 0.6 is 15.9 Å². The summed E-state index contributed by atoms with van der Waals surface area (Å²) in [6.45, 7) is 8.31. The molecule has 0 bridgehead atoms. The summed E-state index contributed by atoms with van der Waals surface area (Å²) < 4.78 is 1.10. The topological polar surface area (TPSA) is 35.5 Å². The van der Waals surface area contributed by atoms with Gasteiger partial charge in [0, 0.05) is 34.8 Å². The molecule has 1 aliphatic carbocycles. The highest BCUT2D eigenvalue weighted by atomic mass is 79.9. The highest BCUT2D eigenvalue weighted by Crippen LogP contribution is 2.33. The van der Waals surface area contributed by atoms with Crippen molar-refractivity contribution in [2.75, 3.05) is 18.1 Å². The molecule has 1 aromatic rings. The van der Waals surface area contributed by atoms with Crippen LogP contribution in [-0.4, -0.2) is 29.8 Å². The zero-order chi connectivity index (χ0) is 15.5. The van der Waals surface area contributed by atoms with Gasteiger partial charge >= 0.3 is 0 Å². The van der Waals surface area contributed by atoms with E-state index in [1.54, 1.807) is 0 Å². The van der Waals surface area contributed by atoms with Crippen molar-refractivity contribution in [2.24, 2.45) is 0 Å². The van der Waals surface area contributed by atoms with Gasteiger partial charge in [0.2, 0.25) is 0 Å². The number of anilines is 1. The summed E-state index contributed by atoms with van der Waals surface area (Å²) in [5.41, 5.74) is 2.65. The number of benzene rings is 1. The van der Waals surface area contributed by atoms with Crippen LogP contribution < -0.4 is 10.2 Å². The Bertz CT molecular complexity index is 466. The van der Waals surface area contributed by atoms with Crippen molar-refractivity contribution in [3.05, 3.63) is 28.2 Å². The van der Waals surface area contributed by atoms with Gasteiger partial charge in [-0.25, -0.2) is 0 Å². The van der Waals surface area contributed by atoms with Gasteiger partial charge < -0.3 is 15.3 Å². The maximum atomic E-state index is 9.42. The second-order valence-electron chi connectivity index (χ2n) is 6.88. The Balaban J connectivity index is 2.23. The number of nitrogens with one attached hydrogen (secondary N) is 1. The molecule has 1 aromatic carbocycles. The van der Waals surface area contributed by atoms with Crippen molar-refractivity contribution in [1.82, 2.24) is 5.32 Å². The molecule has 21 heavy (non-hydrogen) atoms.